The summed E-state index contributed by atoms with van der Waals surface area (Å²) in [4.78, 5) is 0. The molecule has 2 aliphatic carbocycles. The minimum Gasteiger partial charge on any atom is -0.0878 e. The average Bonchev–Trinajstić information content (AvgIpc) is 2.45. The fourth-order valence-corrected chi connectivity index (χ4v) is 1.99. The van der Waals surface area contributed by atoms with Crippen molar-refractivity contribution in [1.82, 2.24) is 0 Å². The molecule has 1 fully saturated rings. The molecule has 0 N–H and O–H groups in total. The van der Waals surface area contributed by atoms with Gasteiger partial charge in [0.05, 0.1) is 0 Å². The van der Waals surface area contributed by atoms with Crippen LogP contribution >= 0.6 is 0 Å². The van der Waals surface area contributed by atoms with Crippen LogP contribution in [0.1, 0.15) is 19.8 Å². The van der Waals surface area contributed by atoms with Crippen molar-refractivity contribution >= 4 is 0 Å². The van der Waals surface area contributed by atoms with Crippen molar-refractivity contribution < 1.29 is 0 Å². The molecule has 0 nitrogen and oxygen atoms in total. The van der Waals surface area contributed by atoms with Gasteiger partial charge in [0.15, 0.2) is 0 Å². The van der Waals surface area contributed by atoms with Crippen LogP contribution < -0.4 is 0 Å². The molecule has 0 heteroatoms. The molecule has 0 amide bonds. The predicted octanol–water partition coefficient (Wildman–Crippen LogP) is 2.53. The highest BCUT2D eigenvalue weighted by atomic mass is 14.3. The Bertz CT molecular complexity index is 174. The maximum absolute atomic E-state index is 2.37. The largest absolute Gasteiger partial charge is 0.0878 e. The first-order valence-corrected chi connectivity index (χ1v) is 3.73. The first kappa shape index (κ1) is 5.28. The Morgan fingerprint density at radius 2 is 2.44 bits per heavy atom. The summed E-state index contributed by atoms with van der Waals surface area (Å²) in [5.74, 6) is 1.74. The van der Waals surface area contributed by atoms with Crippen LogP contribution in [0, 0.1) is 11.8 Å². The van der Waals surface area contributed by atoms with E-state index in [1.807, 2.05) is 0 Å². The zero-order chi connectivity index (χ0) is 6.27. The summed E-state index contributed by atoms with van der Waals surface area (Å²) in [7, 11) is 0. The molecular formula is C9H12. The van der Waals surface area contributed by atoms with Crippen molar-refractivity contribution in [3.8, 4) is 0 Å². The summed E-state index contributed by atoms with van der Waals surface area (Å²) >= 11 is 0. The number of fused-ring (bicyclic) bond motifs is 2. The minimum atomic E-state index is 0.833. The zero-order valence-electron chi connectivity index (χ0n) is 5.80. The second-order valence-corrected chi connectivity index (χ2v) is 3.05. The fraction of sp³-hybridized carbons (Fsp3) is 0.556. The van der Waals surface area contributed by atoms with Crippen molar-refractivity contribution in [3.05, 3.63) is 23.8 Å². The van der Waals surface area contributed by atoms with Gasteiger partial charge in [-0.1, -0.05) is 23.8 Å². The molecule has 48 valence electrons. The molecule has 9 heavy (non-hydrogen) atoms. The molecule has 0 heterocycles. The van der Waals surface area contributed by atoms with Crippen LogP contribution in [0.25, 0.3) is 0 Å². The Morgan fingerprint density at radius 1 is 1.56 bits per heavy atom. The molecule has 2 bridgehead atoms. The van der Waals surface area contributed by atoms with E-state index in [1.165, 1.54) is 12.8 Å². The van der Waals surface area contributed by atoms with Crippen LogP contribution in [0.4, 0.5) is 0 Å². The van der Waals surface area contributed by atoms with Gasteiger partial charge in [-0.25, -0.2) is 0 Å². The second kappa shape index (κ2) is 1.73. The summed E-state index contributed by atoms with van der Waals surface area (Å²) < 4.78 is 0. The molecule has 2 atom stereocenters. The molecule has 0 saturated heterocycles. The van der Waals surface area contributed by atoms with Crippen LogP contribution in [0.2, 0.25) is 0 Å². The van der Waals surface area contributed by atoms with E-state index in [-0.39, 0.29) is 0 Å². The lowest BCUT2D eigenvalue weighted by atomic mass is 10.0. The van der Waals surface area contributed by atoms with E-state index in [0.717, 1.165) is 11.8 Å². The quantitative estimate of drug-likeness (QED) is 0.431. The lowest BCUT2D eigenvalue weighted by Crippen LogP contribution is -1.90. The summed E-state index contributed by atoms with van der Waals surface area (Å²) in [5, 5.41) is 0. The molecule has 0 radical (unpaired) electrons. The minimum absolute atomic E-state index is 0.833. The Hall–Kier alpha value is -0.520. The highest BCUT2D eigenvalue weighted by Gasteiger charge is 2.29. The molecule has 0 aliphatic heterocycles. The molecule has 2 rings (SSSR count). The number of rotatable bonds is 0. The highest BCUT2D eigenvalue weighted by molar-refractivity contribution is 5.26. The normalized spacial score (nSPS) is 43.0. The monoisotopic (exact) mass is 120 g/mol. The summed E-state index contributed by atoms with van der Waals surface area (Å²) in [6.07, 6.45) is 9.77. The van der Waals surface area contributed by atoms with Gasteiger partial charge in [-0.2, -0.15) is 0 Å². The van der Waals surface area contributed by atoms with Crippen molar-refractivity contribution in [1.29, 1.82) is 0 Å². The van der Waals surface area contributed by atoms with Crippen LogP contribution in [0.5, 0.6) is 0 Å². The average molecular weight is 120 g/mol. The molecule has 0 aromatic rings. The van der Waals surface area contributed by atoms with E-state index in [9.17, 15) is 0 Å². The molecule has 0 unspecified atom stereocenters. The standard InChI is InChI=1S/C9H12/c1-2-8-5-7-3-4-9(8)6-7/h2-4,7,9H,5-6H2,1H3/b8-2-/t7-,9+/m0/s1. The first-order chi connectivity index (χ1) is 4.40. The van der Waals surface area contributed by atoms with Crippen LogP contribution in [-0.4, -0.2) is 0 Å². The SMILES string of the molecule is C/C=C1/C[C@@H]2C=C[C@@H]1C2. The molecule has 2 aliphatic rings. The topological polar surface area (TPSA) is 0 Å². The van der Waals surface area contributed by atoms with E-state index in [1.54, 1.807) is 5.57 Å². The third-order valence-electron chi connectivity index (χ3n) is 2.52. The van der Waals surface area contributed by atoms with Crippen molar-refractivity contribution in [2.75, 3.05) is 0 Å². The van der Waals surface area contributed by atoms with Gasteiger partial charge in [0.2, 0.25) is 0 Å². The van der Waals surface area contributed by atoms with Gasteiger partial charge in [-0.3, -0.25) is 0 Å². The van der Waals surface area contributed by atoms with E-state index in [0.29, 0.717) is 0 Å². The van der Waals surface area contributed by atoms with Crippen molar-refractivity contribution in [2.45, 2.75) is 19.8 Å². The molecular weight excluding hydrogens is 108 g/mol. The summed E-state index contributed by atoms with van der Waals surface area (Å²) in [6, 6.07) is 0. The number of hydrogen-bond acceptors (Lipinski definition) is 0. The van der Waals surface area contributed by atoms with Gasteiger partial charge in [-0.05, 0) is 31.6 Å². The smallest absolute Gasteiger partial charge is 0.00174 e. The Balaban J connectivity index is 2.29. The Kier molecular flexibility index (Phi) is 1.01. The van der Waals surface area contributed by atoms with E-state index in [2.05, 4.69) is 25.2 Å². The molecule has 0 aromatic heterocycles. The predicted molar refractivity (Wildman–Crippen MR) is 39.1 cm³/mol. The third-order valence-corrected chi connectivity index (χ3v) is 2.52. The van der Waals surface area contributed by atoms with Crippen molar-refractivity contribution in [3.63, 3.8) is 0 Å². The molecule has 0 aromatic carbocycles. The fourth-order valence-electron chi connectivity index (χ4n) is 1.99. The lowest BCUT2D eigenvalue weighted by Gasteiger charge is -2.05. The zero-order valence-corrected chi connectivity index (χ0v) is 5.80. The van der Waals surface area contributed by atoms with Gasteiger partial charge in [0, 0.05) is 0 Å². The summed E-state index contributed by atoms with van der Waals surface area (Å²) in [5.41, 5.74) is 1.67. The van der Waals surface area contributed by atoms with Gasteiger partial charge in [0.25, 0.3) is 0 Å². The first-order valence-electron chi connectivity index (χ1n) is 3.73. The summed E-state index contributed by atoms with van der Waals surface area (Å²) in [6.45, 7) is 2.16. The highest BCUT2D eigenvalue weighted by Crippen LogP contribution is 2.42. The molecule has 0 spiro atoms. The van der Waals surface area contributed by atoms with Crippen LogP contribution in [0.3, 0.4) is 0 Å². The van der Waals surface area contributed by atoms with E-state index < -0.39 is 0 Å². The van der Waals surface area contributed by atoms with Crippen molar-refractivity contribution in [2.24, 2.45) is 11.8 Å². The van der Waals surface area contributed by atoms with Crippen LogP contribution in [0.15, 0.2) is 23.8 Å². The van der Waals surface area contributed by atoms with Gasteiger partial charge < -0.3 is 0 Å². The second-order valence-electron chi connectivity index (χ2n) is 3.05. The van der Waals surface area contributed by atoms with Gasteiger partial charge in [0.1, 0.15) is 0 Å². The molecule has 1 saturated carbocycles. The van der Waals surface area contributed by atoms with E-state index >= 15 is 0 Å². The maximum Gasteiger partial charge on any atom is -0.00174 e. The van der Waals surface area contributed by atoms with Crippen LogP contribution in [-0.2, 0) is 0 Å². The Morgan fingerprint density at radius 3 is 2.78 bits per heavy atom. The van der Waals surface area contributed by atoms with Gasteiger partial charge >= 0.3 is 0 Å². The maximum atomic E-state index is 2.37. The number of hydrogen-bond donors (Lipinski definition) is 0. The lowest BCUT2D eigenvalue weighted by molar-refractivity contribution is 0.693. The third kappa shape index (κ3) is 0.658. The Labute approximate surface area is 56.3 Å². The van der Waals surface area contributed by atoms with E-state index in [4.69, 9.17) is 0 Å². The number of allylic oxidation sites excluding steroid dienone is 4. The van der Waals surface area contributed by atoms with Gasteiger partial charge in [-0.15, -0.1) is 0 Å².